The van der Waals surface area contributed by atoms with Crippen molar-refractivity contribution in [2.24, 2.45) is 15.9 Å². The van der Waals surface area contributed by atoms with Crippen molar-refractivity contribution in [3.63, 3.8) is 0 Å². The molecule has 0 fully saturated rings. The molecule has 0 aromatic heterocycles. The molecule has 0 unspecified atom stereocenters. The Balaban J connectivity index is 2.91. The lowest BCUT2D eigenvalue weighted by molar-refractivity contribution is 0.468. The molecular weight excluding hydrogens is 358 g/mol. The second-order valence-corrected chi connectivity index (χ2v) is 5.26. The van der Waals surface area contributed by atoms with E-state index in [1.54, 1.807) is 18.3 Å². The van der Waals surface area contributed by atoms with Crippen LogP contribution in [0.1, 0.15) is 5.56 Å². The molecule has 0 saturated carbocycles. The van der Waals surface area contributed by atoms with Crippen LogP contribution in [0.3, 0.4) is 0 Å². The quantitative estimate of drug-likeness (QED) is 0.480. The van der Waals surface area contributed by atoms with Gasteiger partial charge in [-0.1, -0.05) is 11.8 Å². The number of aromatic hydroxyl groups is 1. The topological polar surface area (TPSA) is 71.0 Å². The maximum atomic E-state index is 9.49. The Kier molecular flexibility index (Phi) is 5.30. The van der Waals surface area contributed by atoms with Crippen molar-refractivity contribution >= 4 is 55.0 Å². The largest absolute Gasteiger partial charge is 0.506 e. The second kappa shape index (κ2) is 6.27. The summed E-state index contributed by atoms with van der Waals surface area (Å²) in [6.07, 6.45) is 3.38. The molecule has 4 nitrogen and oxygen atoms in total. The fourth-order valence-electron chi connectivity index (χ4n) is 0.853. The average Bonchev–Trinajstić information content (AvgIpc) is 2.25. The number of benzene rings is 1. The van der Waals surface area contributed by atoms with E-state index in [9.17, 15) is 5.11 Å². The zero-order valence-corrected chi connectivity index (χ0v) is 12.3. The molecular formula is C9H9Br2N3OS. The van der Waals surface area contributed by atoms with Gasteiger partial charge in [0, 0.05) is 0 Å². The van der Waals surface area contributed by atoms with Crippen LogP contribution >= 0.6 is 43.6 Å². The molecule has 0 aliphatic heterocycles. The number of hydrogen-bond acceptors (Lipinski definition) is 4. The maximum Gasteiger partial charge on any atom is 0.180 e. The van der Waals surface area contributed by atoms with E-state index in [0.717, 1.165) is 5.56 Å². The number of nitrogens with two attached hydrogens (primary N) is 1. The van der Waals surface area contributed by atoms with Crippen LogP contribution in [0.2, 0.25) is 0 Å². The molecule has 0 aliphatic carbocycles. The van der Waals surface area contributed by atoms with E-state index in [4.69, 9.17) is 5.73 Å². The van der Waals surface area contributed by atoms with Gasteiger partial charge in [0.05, 0.1) is 15.2 Å². The van der Waals surface area contributed by atoms with Crippen LogP contribution in [0, 0.1) is 0 Å². The Morgan fingerprint density at radius 3 is 2.50 bits per heavy atom. The van der Waals surface area contributed by atoms with Gasteiger partial charge in [0.15, 0.2) is 5.17 Å². The first-order valence-electron chi connectivity index (χ1n) is 4.13. The average molecular weight is 367 g/mol. The fourth-order valence-corrected chi connectivity index (χ4v) is 2.20. The maximum absolute atomic E-state index is 9.49. The monoisotopic (exact) mass is 365 g/mol. The minimum atomic E-state index is 0.157. The minimum absolute atomic E-state index is 0.157. The van der Waals surface area contributed by atoms with Crippen LogP contribution in [0.5, 0.6) is 5.75 Å². The van der Waals surface area contributed by atoms with Gasteiger partial charge in [-0.15, -0.1) is 5.10 Å². The van der Waals surface area contributed by atoms with Crippen LogP contribution in [-0.2, 0) is 0 Å². The normalized spacial score (nSPS) is 12.3. The van der Waals surface area contributed by atoms with E-state index in [-0.39, 0.29) is 5.75 Å². The molecule has 0 aliphatic rings. The highest BCUT2D eigenvalue weighted by atomic mass is 79.9. The first-order valence-corrected chi connectivity index (χ1v) is 6.94. The Hall–Kier alpha value is -0.530. The van der Waals surface area contributed by atoms with Crippen molar-refractivity contribution in [1.82, 2.24) is 0 Å². The minimum Gasteiger partial charge on any atom is -0.506 e. The lowest BCUT2D eigenvalue weighted by Gasteiger charge is -2.01. The number of amidine groups is 1. The predicted molar refractivity (Wildman–Crippen MR) is 76.2 cm³/mol. The molecule has 0 bridgehead atoms. The van der Waals surface area contributed by atoms with E-state index in [1.165, 1.54) is 11.8 Å². The van der Waals surface area contributed by atoms with Gasteiger partial charge in [0.1, 0.15) is 5.75 Å². The molecule has 0 atom stereocenters. The third-order valence-electron chi connectivity index (χ3n) is 1.61. The summed E-state index contributed by atoms with van der Waals surface area (Å²) in [4.78, 5) is 0. The highest BCUT2D eigenvalue weighted by molar-refractivity contribution is 9.11. The zero-order valence-electron chi connectivity index (χ0n) is 8.32. The van der Waals surface area contributed by atoms with Gasteiger partial charge in [-0.25, -0.2) is 0 Å². The summed E-state index contributed by atoms with van der Waals surface area (Å²) in [5, 5.41) is 17.5. The van der Waals surface area contributed by atoms with Crippen LogP contribution in [0.4, 0.5) is 0 Å². The van der Waals surface area contributed by atoms with Crippen LogP contribution in [0.25, 0.3) is 0 Å². The predicted octanol–water partition coefficient (Wildman–Crippen LogP) is 2.93. The molecule has 1 aromatic rings. The van der Waals surface area contributed by atoms with Crippen molar-refractivity contribution < 1.29 is 5.11 Å². The molecule has 0 spiro atoms. The summed E-state index contributed by atoms with van der Waals surface area (Å²) >= 11 is 7.77. The zero-order chi connectivity index (χ0) is 12.1. The number of phenols is 1. The number of hydrogen-bond donors (Lipinski definition) is 2. The Morgan fingerprint density at radius 2 is 2.00 bits per heavy atom. The van der Waals surface area contributed by atoms with Crippen molar-refractivity contribution in [3.05, 3.63) is 26.6 Å². The lowest BCUT2D eigenvalue weighted by Crippen LogP contribution is -2.03. The molecule has 1 rings (SSSR count). The highest BCUT2D eigenvalue weighted by Gasteiger charge is 2.04. The summed E-state index contributed by atoms with van der Waals surface area (Å²) in [5.41, 5.74) is 6.26. The molecule has 7 heteroatoms. The van der Waals surface area contributed by atoms with Gasteiger partial charge < -0.3 is 10.8 Å². The second-order valence-electron chi connectivity index (χ2n) is 2.72. The van der Waals surface area contributed by atoms with E-state index in [2.05, 4.69) is 42.1 Å². The molecule has 0 amide bonds. The van der Waals surface area contributed by atoms with Crippen LogP contribution < -0.4 is 5.73 Å². The number of thioether (sulfide) groups is 1. The van der Waals surface area contributed by atoms with Crippen molar-refractivity contribution in [2.75, 3.05) is 6.26 Å². The van der Waals surface area contributed by atoms with E-state index in [0.29, 0.717) is 14.1 Å². The van der Waals surface area contributed by atoms with Crippen LogP contribution in [-0.4, -0.2) is 22.7 Å². The van der Waals surface area contributed by atoms with Gasteiger partial charge >= 0.3 is 0 Å². The van der Waals surface area contributed by atoms with Crippen molar-refractivity contribution in [2.45, 2.75) is 0 Å². The first kappa shape index (κ1) is 13.5. The first-order chi connectivity index (χ1) is 7.54. The molecule has 0 heterocycles. The number of phenolic OH excluding ortho intramolecular Hbond substituents is 1. The summed E-state index contributed by atoms with van der Waals surface area (Å²) in [6.45, 7) is 0. The number of nitrogens with zero attached hydrogens (tertiary/aromatic N) is 2. The molecule has 1 aromatic carbocycles. The molecule has 16 heavy (non-hydrogen) atoms. The van der Waals surface area contributed by atoms with Crippen molar-refractivity contribution in [3.8, 4) is 5.75 Å². The summed E-state index contributed by atoms with van der Waals surface area (Å²) in [5.74, 6) is 0.157. The summed E-state index contributed by atoms with van der Waals surface area (Å²) in [7, 11) is 0. The Bertz CT molecular complexity index is 425. The smallest absolute Gasteiger partial charge is 0.180 e. The molecule has 0 saturated heterocycles. The Morgan fingerprint density at radius 1 is 1.44 bits per heavy atom. The number of rotatable bonds is 2. The van der Waals surface area contributed by atoms with Gasteiger partial charge in [0.2, 0.25) is 0 Å². The van der Waals surface area contributed by atoms with E-state index >= 15 is 0 Å². The molecule has 86 valence electrons. The third-order valence-corrected chi connectivity index (χ3v) is 3.32. The number of halogens is 2. The third kappa shape index (κ3) is 3.80. The fraction of sp³-hybridized carbons (Fsp3) is 0.111. The van der Waals surface area contributed by atoms with Crippen LogP contribution in [0.15, 0.2) is 31.3 Å². The summed E-state index contributed by atoms with van der Waals surface area (Å²) < 4.78 is 1.18. The molecule has 0 radical (unpaired) electrons. The Labute approximate surface area is 114 Å². The SMILES string of the molecule is CS/C(N)=N/N=C\c1cc(Br)c(O)c(Br)c1. The van der Waals surface area contributed by atoms with Gasteiger partial charge in [0.25, 0.3) is 0 Å². The van der Waals surface area contributed by atoms with Gasteiger partial charge in [-0.2, -0.15) is 5.10 Å². The van der Waals surface area contributed by atoms with Crippen molar-refractivity contribution in [1.29, 1.82) is 0 Å². The highest BCUT2D eigenvalue weighted by Crippen LogP contribution is 2.32. The van der Waals surface area contributed by atoms with Gasteiger partial charge in [-0.05, 0) is 55.8 Å². The lowest BCUT2D eigenvalue weighted by atomic mass is 10.2. The molecule has 3 N–H and O–H groups in total. The van der Waals surface area contributed by atoms with Gasteiger partial charge in [-0.3, -0.25) is 0 Å². The van der Waals surface area contributed by atoms with E-state index < -0.39 is 0 Å². The van der Waals surface area contributed by atoms with E-state index in [1.807, 2.05) is 6.26 Å². The standard InChI is InChI=1S/C9H9Br2N3OS/c1-16-9(12)14-13-4-5-2-6(10)8(15)7(11)3-5/h2-4,15H,1H3,(H2,12,14)/b13-4-. The summed E-state index contributed by atoms with van der Waals surface area (Å²) in [6, 6.07) is 3.46.